The van der Waals surface area contributed by atoms with Gasteiger partial charge in [-0.1, -0.05) is 6.07 Å². The van der Waals surface area contributed by atoms with Crippen LogP contribution in [0.25, 0.3) is 0 Å². The molecule has 0 fully saturated rings. The van der Waals surface area contributed by atoms with Gasteiger partial charge >= 0.3 is 17.9 Å². The van der Waals surface area contributed by atoms with Gasteiger partial charge < -0.3 is 25.8 Å². The van der Waals surface area contributed by atoms with Gasteiger partial charge in [0.15, 0.2) is 0 Å². The first kappa shape index (κ1) is 21.4. The molecule has 8 heteroatoms. The van der Waals surface area contributed by atoms with Gasteiger partial charge in [-0.15, -0.1) is 0 Å². The zero-order valence-corrected chi connectivity index (χ0v) is 13.9. The van der Waals surface area contributed by atoms with Gasteiger partial charge in [-0.25, -0.2) is 9.59 Å². The lowest BCUT2D eigenvalue weighted by Gasteiger charge is -2.19. The first-order valence-corrected chi connectivity index (χ1v) is 7.15. The fraction of sp³-hybridized carbons (Fsp3) is 0.438. The summed E-state index contributed by atoms with van der Waals surface area (Å²) >= 11 is 0. The summed E-state index contributed by atoms with van der Waals surface area (Å²) in [5.74, 6) is -3.68. The Balaban J connectivity index is 0.000000754. The zero-order chi connectivity index (χ0) is 18.9. The molecule has 0 bridgehead atoms. The van der Waals surface area contributed by atoms with E-state index in [9.17, 15) is 9.90 Å². The van der Waals surface area contributed by atoms with Gasteiger partial charge in [0.2, 0.25) is 0 Å². The van der Waals surface area contributed by atoms with Crippen molar-refractivity contribution in [1.82, 2.24) is 0 Å². The molecule has 0 aliphatic rings. The molecule has 0 heterocycles. The number of carboxylic acids is 2. The summed E-state index contributed by atoms with van der Waals surface area (Å²) in [7, 11) is 0. The molecule has 0 aromatic heterocycles. The molecular weight excluding hydrogens is 318 g/mol. The normalized spacial score (nSPS) is 10.3. The fourth-order valence-electron chi connectivity index (χ4n) is 1.68. The number of carbonyl (C=O) groups is 3. The maximum Gasteiger partial charge on any atom is 0.414 e. The van der Waals surface area contributed by atoms with E-state index in [4.69, 9.17) is 30.3 Å². The molecule has 0 spiro atoms. The van der Waals surface area contributed by atoms with Gasteiger partial charge in [-0.2, -0.15) is 0 Å². The first-order chi connectivity index (χ1) is 11.0. The molecule has 0 aliphatic heterocycles. The van der Waals surface area contributed by atoms with Crippen LogP contribution in [0.15, 0.2) is 18.2 Å². The number of aromatic hydroxyl groups is 1. The number of phenols is 1. The van der Waals surface area contributed by atoms with E-state index in [2.05, 4.69) is 0 Å². The van der Waals surface area contributed by atoms with Crippen LogP contribution in [0.4, 0.5) is 0 Å². The molecule has 0 aliphatic carbocycles. The molecule has 134 valence electrons. The summed E-state index contributed by atoms with van der Waals surface area (Å²) in [6.45, 7) is 5.88. The van der Waals surface area contributed by atoms with E-state index >= 15 is 0 Å². The number of carboxylic acid groups (broad SMARTS) is 2. The van der Waals surface area contributed by atoms with E-state index in [1.54, 1.807) is 18.2 Å². The molecule has 0 saturated carbocycles. The molecule has 1 aromatic rings. The summed E-state index contributed by atoms with van der Waals surface area (Å²) in [5.41, 5.74) is 6.98. The van der Waals surface area contributed by atoms with Gasteiger partial charge in [0.1, 0.15) is 11.4 Å². The van der Waals surface area contributed by atoms with E-state index in [0.717, 1.165) is 11.1 Å². The van der Waals surface area contributed by atoms with Crippen LogP contribution in [0.3, 0.4) is 0 Å². The minimum Gasteiger partial charge on any atom is -0.508 e. The standard InChI is InChI=1S/C14H21NO3.C2H2O4/c1-14(2,3)18-13(17)7-5-10-4-6-12(16)8-11(10)9-15;3-1(4)2(5)6/h4,6,8,16H,5,7,9,15H2,1-3H3;(H,3,4)(H,5,6). The Labute approximate surface area is 139 Å². The van der Waals surface area contributed by atoms with Crippen molar-refractivity contribution in [2.75, 3.05) is 0 Å². The third-order valence-electron chi connectivity index (χ3n) is 2.61. The minimum absolute atomic E-state index is 0.191. The Morgan fingerprint density at radius 1 is 1.08 bits per heavy atom. The van der Waals surface area contributed by atoms with Crippen molar-refractivity contribution < 1.29 is 34.4 Å². The summed E-state index contributed by atoms with van der Waals surface area (Å²) in [5, 5.41) is 24.1. The van der Waals surface area contributed by atoms with Crippen LogP contribution in [-0.2, 0) is 32.1 Å². The average molecular weight is 341 g/mol. The highest BCUT2D eigenvalue weighted by Crippen LogP contribution is 2.18. The second-order valence-corrected chi connectivity index (χ2v) is 5.85. The summed E-state index contributed by atoms with van der Waals surface area (Å²) in [4.78, 5) is 29.8. The van der Waals surface area contributed by atoms with Crippen LogP contribution in [0.5, 0.6) is 5.75 Å². The van der Waals surface area contributed by atoms with Crippen LogP contribution in [-0.4, -0.2) is 38.8 Å². The highest BCUT2D eigenvalue weighted by atomic mass is 16.6. The number of phenolic OH excluding ortho intramolecular Hbond substituents is 1. The number of hydrogen-bond acceptors (Lipinski definition) is 6. The van der Waals surface area contributed by atoms with Crippen molar-refractivity contribution >= 4 is 17.9 Å². The van der Waals surface area contributed by atoms with Gasteiger partial charge in [-0.05, 0) is 50.5 Å². The van der Waals surface area contributed by atoms with Crippen LogP contribution in [0.1, 0.15) is 38.3 Å². The third kappa shape index (κ3) is 9.42. The third-order valence-corrected chi connectivity index (χ3v) is 2.61. The Kier molecular flexibility index (Phi) is 8.48. The SMILES string of the molecule is CC(C)(C)OC(=O)CCc1ccc(O)cc1CN.O=C(O)C(=O)O. The molecule has 1 rings (SSSR count). The summed E-state index contributed by atoms with van der Waals surface area (Å²) < 4.78 is 5.24. The van der Waals surface area contributed by atoms with Gasteiger partial charge in [-0.3, -0.25) is 4.79 Å². The predicted octanol–water partition coefficient (Wildman–Crippen LogP) is 1.28. The number of ether oxygens (including phenoxy) is 1. The number of benzene rings is 1. The molecule has 8 nitrogen and oxygen atoms in total. The van der Waals surface area contributed by atoms with Crippen LogP contribution in [0.2, 0.25) is 0 Å². The lowest BCUT2D eigenvalue weighted by atomic mass is 10.0. The Morgan fingerprint density at radius 2 is 1.62 bits per heavy atom. The van der Waals surface area contributed by atoms with E-state index in [1.807, 2.05) is 20.8 Å². The highest BCUT2D eigenvalue weighted by Gasteiger charge is 2.16. The Hall–Kier alpha value is -2.61. The predicted molar refractivity (Wildman–Crippen MR) is 85.4 cm³/mol. The van der Waals surface area contributed by atoms with Crippen LogP contribution in [0, 0.1) is 0 Å². The minimum atomic E-state index is -1.82. The molecule has 0 amide bonds. The number of carbonyl (C=O) groups excluding carboxylic acids is 1. The number of esters is 1. The molecule has 5 N–H and O–H groups in total. The number of nitrogens with two attached hydrogens (primary N) is 1. The smallest absolute Gasteiger partial charge is 0.414 e. The Bertz CT molecular complexity index is 579. The largest absolute Gasteiger partial charge is 0.508 e. The van der Waals surface area contributed by atoms with Crippen LogP contribution >= 0.6 is 0 Å². The molecule has 0 atom stereocenters. The highest BCUT2D eigenvalue weighted by molar-refractivity contribution is 6.27. The van der Waals surface area contributed by atoms with Crippen LogP contribution < -0.4 is 5.73 Å². The topological polar surface area (TPSA) is 147 Å². The van der Waals surface area contributed by atoms with Crippen molar-refractivity contribution in [2.24, 2.45) is 5.73 Å². The fourth-order valence-corrected chi connectivity index (χ4v) is 1.68. The van der Waals surface area contributed by atoms with Crippen molar-refractivity contribution in [2.45, 2.75) is 45.8 Å². The summed E-state index contributed by atoms with van der Waals surface area (Å²) in [6.07, 6.45) is 0.886. The quantitative estimate of drug-likeness (QED) is 0.473. The second kappa shape index (κ2) is 9.51. The first-order valence-electron chi connectivity index (χ1n) is 7.15. The second-order valence-electron chi connectivity index (χ2n) is 5.85. The molecule has 24 heavy (non-hydrogen) atoms. The molecule has 0 unspecified atom stereocenters. The van der Waals surface area contributed by atoms with Gasteiger partial charge in [0.25, 0.3) is 0 Å². The van der Waals surface area contributed by atoms with Gasteiger partial charge in [0.05, 0.1) is 0 Å². The Morgan fingerprint density at radius 3 is 2.04 bits per heavy atom. The maximum absolute atomic E-state index is 11.6. The number of rotatable bonds is 4. The molecule has 1 aromatic carbocycles. The number of aryl methyl sites for hydroxylation is 1. The van der Waals surface area contributed by atoms with E-state index < -0.39 is 17.5 Å². The molecule has 0 radical (unpaired) electrons. The van der Waals surface area contributed by atoms with Crippen molar-refractivity contribution in [1.29, 1.82) is 0 Å². The molecular formula is C16H23NO7. The van der Waals surface area contributed by atoms with E-state index in [-0.39, 0.29) is 11.7 Å². The number of hydrogen-bond donors (Lipinski definition) is 4. The lowest BCUT2D eigenvalue weighted by molar-refractivity contribution is -0.159. The number of aliphatic carboxylic acids is 2. The van der Waals surface area contributed by atoms with Crippen molar-refractivity contribution in [3.63, 3.8) is 0 Å². The maximum atomic E-state index is 11.6. The average Bonchev–Trinajstić information content (AvgIpc) is 2.44. The van der Waals surface area contributed by atoms with E-state index in [0.29, 0.717) is 19.4 Å². The van der Waals surface area contributed by atoms with E-state index in [1.165, 1.54) is 0 Å². The van der Waals surface area contributed by atoms with Gasteiger partial charge in [0, 0.05) is 13.0 Å². The van der Waals surface area contributed by atoms with Crippen molar-refractivity contribution in [3.05, 3.63) is 29.3 Å². The lowest BCUT2D eigenvalue weighted by Crippen LogP contribution is -2.24. The molecule has 0 saturated heterocycles. The monoisotopic (exact) mass is 341 g/mol. The van der Waals surface area contributed by atoms with Crippen molar-refractivity contribution in [3.8, 4) is 5.75 Å². The summed E-state index contributed by atoms with van der Waals surface area (Å²) in [6, 6.07) is 5.02. The zero-order valence-electron chi connectivity index (χ0n) is 13.9.